The first-order valence-electron chi connectivity index (χ1n) is 5.98. The first-order chi connectivity index (χ1) is 7.79. The third-order valence-electron chi connectivity index (χ3n) is 3.53. The minimum atomic E-state index is 0.414. The second-order valence-electron chi connectivity index (χ2n) is 4.81. The van der Waals surface area contributed by atoms with Crippen LogP contribution in [-0.2, 0) is 0 Å². The van der Waals surface area contributed by atoms with E-state index in [2.05, 4.69) is 52.2 Å². The van der Waals surface area contributed by atoms with Gasteiger partial charge in [0, 0.05) is 15.7 Å². The number of piperidine rings is 1. The summed E-state index contributed by atoms with van der Waals surface area (Å²) in [6.45, 7) is 0. The van der Waals surface area contributed by atoms with Gasteiger partial charge < -0.3 is 10.1 Å². The minimum absolute atomic E-state index is 0.414. The summed E-state index contributed by atoms with van der Waals surface area (Å²) in [7, 11) is 0. The third kappa shape index (κ3) is 2.35. The van der Waals surface area contributed by atoms with Crippen molar-refractivity contribution in [3.63, 3.8) is 0 Å². The van der Waals surface area contributed by atoms with E-state index in [4.69, 9.17) is 4.74 Å². The van der Waals surface area contributed by atoms with Crippen LogP contribution in [0, 0.1) is 3.57 Å². The van der Waals surface area contributed by atoms with Gasteiger partial charge in [-0.1, -0.05) is 6.07 Å². The highest BCUT2D eigenvalue weighted by Crippen LogP contribution is 2.29. The molecule has 2 aliphatic heterocycles. The molecule has 0 saturated carbocycles. The van der Waals surface area contributed by atoms with Crippen LogP contribution in [0.3, 0.4) is 0 Å². The van der Waals surface area contributed by atoms with Gasteiger partial charge in [-0.2, -0.15) is 0 Å². The summed E-state index contributed by atoms with van der Waals surface area (Å²) >= 11 is 2.33. The number of ether oxygens (including phenoxy) is 1. The standard InChI is InChI=1S/C13H16INO/c14-9-2-1-3-12(6-9)16-13-7-10-4-5-11(8-13)15-10/h1-3,6,10-11,13,15H,4-5,7-8H2/t10-,11+,13?. The average molecular weight is 329 g/mol. The molecule has 2 heterocycles. The number of rotatable bonds is 2. The maximum absolute atomic E-state index is 6.07. The van der Waals surface area contributed by atoms with Gasteiger partial charge in [0.25, 0.3) is 0 Å². The van der Waals surface area contributed by atoms with Gasteiger partial charge in [0.2, 0.25) is 0 Å². The Balaban J connectivity index is 1.67. The Morgan fingerprint density at radius 2 is 1.94 bits per heavy atom. The lowest BCUT2D eigenvalue weighted by Gasteiger charge is -2.29. The summed E-state index contributed by atoms with van der Waals surface area (Å²) in [6, 6.07) is 9.74. The van der Waals surface area contributed by atoms with Crippen molar-refractivity contribution in [1.29, 1.82) is 0 Å². The lowest BCUT2D eigenvalue weighted by molar-refractivity contribution is 0.137. The zero-order chi connectivity index (χ0) is 11.0. The predicted octanol–water partition coefficient (Wildman–Crippen LogP) is 2.95. The molecule has 1 N–H and O–H groups in total. The SMILES string of the molecule is Ic1cccc(OC2C[C@H]3CC[C@@H](C2)N3)c1. The smallest absolute Gasteiger partial charge is 0.120 e. The van der Waals surface area contributed by atoms with Crippen LogP contribution in [0.1, 0.15) is 25.7 Å². The van der Waals surface area contributed by atoms with Crippen LogP contribution in [0.4, 0.5) is 0 Å². The molecule has 3 atom stereocenters. The molecule has 0 radical (unpaired) electrons. The van der Waals surface area contributed by atoms with E-state index in [-0.39, 0.29) is 0 Å². The van der Waals surface area contributed by atoms with Crippen LogP contribution < -0.4 is 10.1 Å². The Morgan fingerprint density at radius 3 is 2.62 bits per heavy atom. The van der Waals surface area contributed by atoms with Crippen molar-refractivity contribution < 1.29 is 4.74 Å². The molecule has 0 amide bonds. The molecule has 1 aromatic carbocycles. The number of hydrogen-bond donors (Lipinski definition) is 1. The monoisotopic (exact) mass is 329 g/mol. The quantitative estimate of drug-likeness (QED) is 0.843. The van der Waals surface area contributed by atoms with Crippen molar-refractivity contribution in [3.05, 3.63) is 27.8 Å². The molecule has 0 aliphatic carbocycles. The first kappa shape index (κ1) is 10.8. The molecule has 0 spiro atoms. The number of fused-ring (bicyclic) bond motifs is 2. The molecule has 2 saturated heterocycles. The van der Waals surface area contributed by atoms with Crippen molar-refractivity contribution in [1.82, 2.24) is 5.32 Å². The predicted molar refractivity (Wildman–Crippen MR) is 72.8 cm³/mol. The van der Waals surface area contributed by atoms with Gasteiger partial charge in [0.05, 0.1) is 0 Å². The summed E-state index contributed by atoms with van der Waals surface area (Å²) in [5.74, 6) is 1.03. The van der Waals surface area contributed by atoms with Crippen molar-refractivity contribution >= 4 is 22.6 Å². The lowest BCUT2D eigenvalue weighted by Crippen LogP contribution is -2.42. The average Bonchev–Trinajstić information content (AvgIpc) is 2.58. The Hall–Kier alpha value is -0.290. The summed E-state index contributed by atoms with van der Waals surface area (Å²) in [4.78, 5) is 0. The molecule has 2 aliphatic rings. The highest BCUT2D eigenvalue weighted by atomic mass is 127. The number of halogens is 1. The van der Waals surface area contributed by atoms with Gasteiger partial charge in [-0.05, 0) is 66.5 Å². The van der Waals surface area contributed by atoms with Crippen LogP contribution in [0.15, 0.2) is 24.3 Å². The van der Waals surface area contributed by atoms with Gasteiger partial charge in [-0.25, -0.2) is 0 Å². The van der Waals surface area contributed by atoms with Gasteiger partial charge >= 0.3 is 0 Å². The number of benzene rings is 1. The maximum Gasteiger partial charge on any atom is 0.120 e. The number of hydrogen-bond acceptors (Lipinski definition) is 2. The van der Waals surface area contributed by atoms with Crippen LogP contribution in [0.5, 0.6) is 5.75 Å². The van der Waals surface area contributed by atoms with Gasteiger partial charge in [0.1, 0.15) is 11.9 Å². The fourth-order valence-electron chi connectivity index (χ4n) is 2.83. The Morgan fingerprint density at radius 1 is 1.19 bits per heavy atom. The lowest BCUT2D eigenvalue weighted by atomic mass is 10.0. The molecule has 2 bridgehead atoms. The van der Waals surface area contributed by atoms with Gasteiger partial charge in [0.15, 0.2) is 0 Å². The highest BCUT2D eigenvalue weighted by Gasteiger charge is 2.34. The van der Waals surface area contributed by atoms with Gasteiger partial charge in [-0.15, -0.1) is 0 Å². The molecule has 3 rings (SSSR count). The molecule has 16 heavy (non-hydrogen) atoms. The molecule has 2 nitrogen and oxygen atoms in total. The van der Waals surface area contributed by atoms with Crippen molar-refractivity contribution in [2.45, 2.75) is 43.9 Å². The Labute approximate surface area is 110 Å². The van der Waals surface area contributed by atoms with Gasteiger partial charge in [-0.3, -0.25) is 0 Å². The van der Waals surface area contributed by atoms with Crippen LogP contribution in [-0.4, -0.2) is 18.2 Å². The normalized spacial score (nSPS) is 32.7. The van der Waals surface area contributed by atoms with Crippen molar-refractivity contribution in [2.24, 2.45) is 0 Å². The van der Waals surface area contributed by atoms with E-state index in [9.17, 15) is 0 Å². The topological polar surface area (TPSA) is 21.3 Å². The zero-order valence-corrected chi connectivity index (χ0v) is 11.3. The number of nitrogens with one attached hydrogen (secondary N) is 1. The fraction of sp³-hybridized carbons (Fsp3) is 0.538. The molecule has 0 aromatic heterocycles. The zero-order valence-electron chi connectivity index (χ0n) is 9.16. The van der Waals surface area contributed by atoms with Crippen LogP contribution in [0.25, 0.3) is 0 Å². The van der Waals surface area contributed by atoms with E-state index in [0.29, 0.717) is 18.2 Å². The second kappa shape index (κ2) is 4.53. The molecular formula is C13H16INO. The van der Waals surface area contributed by atoms with E-state index in [0.717, 1.165) is 5.75 Å². The Bertz CT molecular complexity index is 370. The molecule has 1 aromatic rings. The third-order valence-corrected chi connectivity index (χ3v) is 4.20. The molecule has 86 valence electrons. The van der Waals surface area contributed by atoms with E-state index < -0.39 is 0 Å². The summed E-state index contributed by atoms with van der Waals surface area (Å²) in [5, 5.41) is 3.64. The van der Waals surface area contributed by atoms with Crippen LogP contribution in [0.2, 0.25) is 0 Å². The van der Waals surface area contributed by atoms with E-state index in [1.54, 1.807) is 0 Å². The summed E-state index contributed by atoms with van der Waals surface area (Å²) in [6.07, 6.45) is 5.41. The molecule has 2 fully saturated rings. The van der Waals surface area contributed by atoms with E-state index in [1.165, 1.54) is 29.3 Å². The summed E-state index contributed by atoms with van der Waals surface area (Å²) < 4.78 is 7.31. The minimum Gasteiger partial charge on any atom is -0.490 e. The Kier molecular flexibility index (Phi) is 3.07. The van der Waals surface area contributed by atoms with Crippen molar-refractivity contribution in [3.8, 4) is 5.75 Å². The van der Waals surface area contributed by atoms with Crippen molar-refractivity contribution in [2.75, 3.05) is 0 Å². The molecular weight excluding hydrogens is 313 g/mol. The van der Waals surface area contributed by atoms with E-state index in [1.807, 2.05) is 0 Å². The van der Waals surface area contributed by atoms with E-state index >= 15 is 0 Å². The first-order valence-corrected chi connectivity index (χ1v) is 7.06. The van der Waals surface area contributed by atoms with Crippen LogP contribution >= 0.6 is 22.6 Å². The maximum atomic E-state index is 6.07. The summed E-state index contributed by atoms with van der Waals surface area (Å²) in [5.41, 5.74) is 0. The largest absolute Gasteiger partial charge is 0.490 e. The molecule has 1 unspecified atom stereocenters. The highest BCUT2D eigenvalue weighted by molar-refractivity contribution is 14.1. The molecule has 3 heteroatoms. The fourth-order valence-corrected chi connectivity index (χ4v) is 3.35. The second-order valence-corrected chi connectivity index (χ2v) is 6.05.